The SMILES string of the molecule is Cc1cccc(C(Br)c2cc(Cl)sc2Cl)c1Cl. The minimum Gasteiger partial charge on any atom is -0.111 e. The van der Waals surface area contributed by atoms with Crippen LogP contribution in [0.5, 0.6) is 0 Å². The Hall–Kier alpha value is 0.270. The van der Waals surface area contributed by atoms with Crippen molar-refractivity contribution in [1.29, 1.82) is 0 Å². The fraction of sp³-hybridized carbons (Fsp3) is 0.167. The molecule has 0 nitrogen and oxygen atoms in total. The standard InChI is InChI=1S/C12H8BrCl3S/c1-6-3-2-4-7(11(6)15)10(13)8-5-9(14)17-12(8)16/h2-5,10H,1H3. The summed E-state index contributed by atoms with van der Waals surface area (Å²) in [5.41, 5.74) is 3.00. The number of rotatable bonds is 2. The Morgan fingerprint density at radius 2 is 1.88 bits per heavy atom. The van der Waals surface area contributed by atoms with Crippen LogP contribution in [0.4, 0.5) is 0 Å². The Bertz CT molecular complexity index is 551. The van der Waals surface area contributed by atoms with Gasteiger partial charge in [-0.3, -0.25) is 0 Å². The van der Waals surface area contributed by atoms with Crippen molar-refractivity contribution in [3.8, 4) is 0 Å². The summed E-state index contributed by atoms with van der Waals surface area (Å²) in [7, 11) is 0. The van der Waals surface area contributed by atoms with Gasteiger partial charge in [-0.25, -0.2) is 0 Å². The van der Waals surface area contributed by atoms with Crippen molar-refractivity contribution in [1.82, 2.24) is 0 Å². The predicted molar refractivity (Wildman–Crippen MR) is 81.3 cm³/mol. The largest absolute Gasteiger partial charge is 0.111 e. The number of hydrogen-bond acceptors (Lipinski definition) is 1. The van der Waals surface area contributed by atoms with Gasteiger partial charge in [0.1, 0.15) is 0 Å². The summed E-state index contributed by atoms with van der Waals surface area (Å²) >= 11 is 23.4. The number of alkyl halides is 1. The maximum atomic E-state index is 6.29. The summed E-state index contributed by atoms with van der Waals surface area (Å²) in [6.07, 6.45) is 0. The van der Waals surface area contributed by atoms with Crippen LogP contribution < -0.4 is 0 Å². The lowest BCUT2D eigenvalue weighted by Crippen LogP contribution is -1.94. The van der Waals surface area contributed by atoms with Crippen LogP contribution in [-0.4, -0.2) is 0 Å². The Balaban J connectivity index is 2.47. The van der Waals surface area contributed by atoms with E-state index >= 15 is 0 Å². The van der Waals surface area contributed by atoms with Gasteiger partial charge in [-0.1, -0.05) is 68.9 Å². The van der Waals surface area contributed by atoms with Crippen molar-refractivity contribution < 1.29 is 0 Å². The minimum atomic E-state index is -0.0360. The molecule has 0 bridgehead atoms. The van der Waals surface area contributed by atoms with Crippen LogP contribution >= 0.6 is 62.1 Å². The Labute approximate surface area is 128 Å². The highest BCUT2D eigenvalue weighted by Crippen LogP contribution is 2.43. The summed E-state index contributed by atoms with van der Waals surface area (Å²) < 4.78 is 1.37. The molecule has 1 aromatic carbocycles. The molecule has 0 aliphatic heterocycles. The highest BCUT2D eigenvalue weighted by Gasteiger charge is 2.19. The molecule has 90 valence electrons. The monoisotopic (exact) mass is 368 g/mol. The Morgan fingerprint density at radius 1 is 1.18 bits per heavy atom. The molecular formula is C12H8BrCl3S. The van der Waals surface area contributed by atoms with E-state index in [0.717, 1.165) is 21.7 Å². The number of thiophene rings is 1. The summed E-state index contributed by atoms with van der Waals surface area (Å²) in [5, 5.41) is 0.757. The summed E-state index contributed by atoms with van der Waals surface area (Å²) in [4.78, 5) is -0.0360. The lowest BCUT2D eigenvalue weighted by molar-refractivity contribution is 1.18. The van der Waals surface area contributed by atoms with Crippen molar-refractivity contribution in [3.05, 3.63) is 54.7 Å². The Kier molecular flexibility index (Phi) is 4.43. The van der Waals surface area contributed by atoms with Crippen molar-refractivity contribution in [2.45, 2.75) is 11.8 Å². The summed E-state index contributed by atoms with van der Waals surface area (Å²) in [6.45, 7) is 1.98. The smallest absolute Gasteiger partial charge is 0.0990 e. The molecule has 1 unspecified atom stereocenters. The fourth-order valence-electron chi connectivity index (χ4n) is 1.56. The van der Waals surface area contributed by atoms with Crippen LogP contribution in [0.1, 0.15) is 21.5 Å². The number of hydrogen-bond donors (Lipinski definition) is 0. The van der Waals surface area contributed by atoms with Crippen LogP contribution in [0.2, 0.25) is 13.7 Å². The van der Waals surface area contributed by atoms with Gasteiger partial charge in [-0.05, 0) is 24.1 Å². The van der Waals surface area contributed by atoms with Gasteiger partial charge in [-0.2, -0.15) is 0 Å². The average Bonchev–Trinajstić information content (AvgIpc) is 2.61. The Morgan fingerprint density at radius 3 is 2.47 bits per heavy atom. The van der Waals surface area contributed by atoms with Crippen LogP contribution in [-0.2, 0) is 0 Å². The first-order chi connectivity index (χ1) is 8.00. The van der Waals surface area contributed by atoms with Crippen molar-refractivity contribution in [2.24, 2.45) is 0 Å². The molecule has 0 fully saturated rings. The molecule has 1 heterocycles. The molecule has 17 heavy (non-hydrogen) atoms. The van der Waals surface area contributed by atoms with E-state index in [0.29, 0.717) is 8.67 Å². The second kappa shape index (κ2) is 5.50. The first-order valence-corrected chi connectivity index (χ1v) is 7.71. The summed E-state index contributed by atoms with van der Waals surface area (Å²) in [5.74, 6) is 0. The van der Waals surface area contributed by atoms with Gasteiger partial charge < -0.3 is 0 Å². The van der Waals surface area contributed by atoms with E-state index in [9.17, 15) is 0 Å². The van der Waals surface area contributed by atoms with E-state index in [1.807, 2.05) is 31.2 Å². The van der Waals surface area contributed by atoms with Gasteiger partial charge in [0, 0.05) is 10.6 Å². The van der Waals surface area contributed by atoms with Gasteiger partial charge in [0.15, 0.2) is 0 Å². The zero-order chi connectivity index (χ0) is 12.6. The van der Waals surface area contributed by atoms with Crippen LogP contribution in [0.15, 0.2) is 24.3 Å². The molecule has 1 aromatic heterocycles. The van der Waals surface area contributed by atoms with E-state index < -0.39 is 0 Å². The molecule has 2 aromatic rings. The second-order valence-electron chi connectivity index (χ2n) is 3.62. The molecule has 2 rings (SSSR count). The van der Waals surface area contributed by atoms with E-state index in [1.165, 1.54) is 11.3 Å². The fourth-order valence-corrected chi connectivity index (χ4v) is 4.48. The second-order valence-corrected chi connectivity index (χ2v) is 7.20. The lowest BCUT2D eigenvalue weighted by atomic mass is 10.1. The van der Waals surface area contributed by atoms with E-state index in [-0.39, 0.29) is 4.83 Å². The normalized spacial score (nSPS) is 12.8. The van der Waals surface area contributed by atoms with Gasteiger partial charge in [-0.15, -0.1) is 11.3 Å². The molecule has 5 heteroatoms. The third-order valence-electron chi connectivity index (χ3n) is 2.45. The molecule has 1 atom stereocenters. The third-order valence-corrected chi connectivity index (χ3v) is 5.47. The van der Waals surface area contributed by atoms with Crippen LogP contribution in [0.3, 0.4) is 0 Å². The summed E-state index contributed by atoms with van der Waals surface area (Å²) in [6, 6.07) is 7.81. The molecule has 0 radical (unpaired) electrons. The van der Waals surface area contributed by atoms with E-state index in [1.54, 1.807) is 0 Å². The van der Waals surface area contributed by atoms with Crippen LogP contribution in [0.25, 0.3) is 0 Å². The van der Waals surface area contributed by atoms with Crippen molar-refractivity contribution in [2.75, 3.05) is 0 Å². The van der Waals surface area contributed by atoms with Crippen molar-refractivity contribution >= 4 is 62.1 Å². The topological polar surface area (TPSA) is 0 Å². The van der Waals surface area contributed by atoms with Crippen molar-refractivity contribution in [3.63, 3.8) is 0 Å². The first-order valence-electron chi connectivity index (χ1n) is 4.84. The molecule has 0 aliphatic rings. The third kappa shape index (κ3) is 2.82. The molecule has 0 aliphatic carbocycles. The number of benzene rings is 1. The maximum Gasteiger partial charge on any atom is 0.0990 e. The predicted octanol–water partition coefficient (Wildman–Crippen LogP) is 6.50. The minimum absolute atomic E-state index is 0.0360. The van der Waals surface area contributed by atoms with Gasteiger partial charge in [0.05, 0.1) is 13.5 Å². The number of halogens is 4. The van der Waals surface area contributed by atoms with Gasteiger partial charge in [0.2, 0.25) is 0 Å². The molecule has 0 spiro atoms. The first kappa shape index (κ1) is 13.7. The van der Waals surface area contributed by atoms with E-state index in [4.69, 9.17) is 34.8 Å². The lowest BCUT2D eigenvalue weighted by Gasteiger charge is -2.12. The number of aryl methyl sites for hydroxylation is 1. The molecule has 0 amide bonds. The highest BCUT2D eigenvalue weighted by atomic mass is 79.9. The molecular weight excluding hydrogens is 362 g/mol. The zero-order valence-corrected chi connectivity index (χ0v) is 13.5. The zero-order valence-electron chi connectivity index (χ0n) is 8.81. The maximum absolute atomic E-state index is 6.29. The van der Waals surface area contributed by atoms with Gasteiger partial charge >= 0.3 is 0 Å². The molecule has 0 saturated heterocycles. The molecule has 0 saturated carbocycles. The van der Waals surface area contributed by atoms with Crippen LogP contribution in [0, 0.1) is 6.92 Å². The van der Waals surface area contributed by atoms with E-state index in [2.05, 4.69) is 15.9 Å². The van der Waals surface area contributed by atoms with Gasteiger partial charge in [0.25, 0.3) is 0 Å². The average molecular weight is 371 g/mol. The quantitative estimate of drug-likeness (QED) is 0.529. The molecule has 0 N–H and O–H groups in total. The highest BCUT2D eigenvalue weighted by molar-refractivity contribution is 9.09.